The van der Waals surface area contributed by atoms with Crippen molar-refractivity contribution in [2.24, 2.45) is 0 Å². The molecule has 1 saturated carbocycles. The summed E-state index contributed by atoms with van der Waals surface area (Å²) >= 11 is 0. The number of aromatic amines is 1. The predicted octanol–water partition coefficient (Wildman–Crippen LogP) is -0.891. The molecule has 0 saturated heterocycles. The third-order valence-corrected chi connectivity index (χ3v) is 2.69. The van der Waals surface area contributed by atoms with Gasteiger partial charge in [-0.3, -0.25) is 9.89 Å². The second-order valence-electron chi connectivity index (χ2n) is 4.06. The van der Waals surface area contributed by atoms with Crippen LogP contribution in [0.15, 0.2) is 0 Å². The van der Waals surface area contributed by atoms with Crippen LogP contribution in [0, 0.1) is 0 Å². The third-order valence-electron chi connectivity index (χ3n) is 2.69. The number of aliphatic hydroxyl groups is 2. The summed E-state index contributed by atoms with van der Waals surface area (Å²) in [6, 6.07) is 0. The minimum absolute atomic E-state index is 0.105. The molecule has 7 heteroatoms. The summed E-state index contributed by atoms with van der Waals surface area (Å²) < 4.78 is 0. The second-order valence-corrected chi connectivity index (χ2v) is 4.06. The second kappa shape index (κ2) is 5.24. The molecule has 2 rings (SSSR count). The Hall–Kier alpha value is -1.47. The summed E-state index contributed by atoms with van der Waals surface area (Å²) in [7, 11) is 0. The summed E-state index contributed by atoms with van der Waals surface area (Å²) in [6.45, 7) is 0.0523. The highest BCUT2D eigenvalue weighted by Gasteiger charge is 2.29. The zero-order valence-corrected chi connectivity index (χ0v) is 9.46. The Morgan fingerprint density at radius 2 is 2.00 bits per heavy atom. The lowest BCUT2D eigenvalue weighted by molar-refractivity contribution is 0.0673. The zero-order valence-electron chi connectivity index (χ0n) is 9.46. The van der Waals surface area contributed by atoms with Gasteiger partial charge in [-0.2, -0.15) is 0 Å². The Morgan fingerprint density at radius 3 is 2.53 bits per heavy atom. The molecule has 17 heavy (non-hydrogen) atoms. The van der Waals surface area contributed by atoms with Crippen LogP contribution in [0.1, 0.15) is 35.2 Å². The molecule has 0 aliphatic heterocycles. The molecule has 1 heterocycles. The van der Waals surface area contributed by atoms with Crippen molar-refractivity contribution < 1.29 is 15.0 Å². The van der Waals surface area contributed by atoms with Gasteiger partial charge in [0.25, 0.3) is 5.91 Å². The molecule has 0 spiro atoms. The number of amides is 1. The lowest BCUT2D eigenvalue weighted by Crippen LogP contribution is -2.36. The van der Waals surface area contributed by atoms with E-state index in [2.05, 4.69) is 15.2 Å². The molecule has 1 aromatic rings. The SMILES string of the molecule is O=C(c1n[nH]c(C2CC2)n1)N(CCO)CCO. The van der Waals surface area contributed by atoms with Crippen molar-refractivity contribution in [2.75, 3.05) is 26.3 Å². The van der Waals surface area contributed by atoms with E-state index in [1.165, 1.54) is 4.90 Å². The number of nitrogens with zero attached hydrogens (tertiary/aromatic N) is 3. The zero-order chi connectivity index (χ0) is 12.3. The Bertz CT molecular complexity index is 383. The molecule has 7 nitrogen and oxygen atoms in total. The summed E-state index contributed by atoms with van der Waals surface area (Å²) in [5, 5.41) is 24.3. The highest BCUT2D eigenvalue weighted by molar-refractivity contribution is 5.90. The molecular weight excluding hydrogens is 224 g/mol. The van der Waals surface area contributed by atoms with E-state index in [0.717, 1.165) is 18.7 Å². The first-order valence-electron chi connectivity index (χ1n) is 5.69. The molecule has 1 amide bonds. The third kappa shape index (κ3) is 2.80. The van der Waals surface area contributed by atoms with Crippen molar-refractivity contribution in [3.63, 3.8) is 0 Å². The lowest BCUT2D eigenvalue weighted by Gasteiger charge is -2.18. The number of nitrogens with one attached hydrogen (secondary N) is 1. The molecule has 1 aromatic heterocycles. The number of aliphatic hydroxyl groups excluding tert-OH is 2. The summed E-state index contributed by atoms with van der Waals surface area (Å²) in [6.07, 6.45) is 2.17. The Labute approximate surface area is 98.5 Å². The van der Waals surface area contributed by atoms with E-state index in [-0.39, 0.29) is 38.0 Å². The number of H-pyrrole nitrogens is 1. The highest BCUT2D eigenvalue weighted by Crippen LogP contribution is 2.37. The standard InChI is InChI=1S/C10H16N4O3/c15-5-3-14(4-6-16)10(17)9-11-8(12-13-9)7-1-2-7/h7,15-16H,1-6H2,(H,11,12,13). The summed E-state index contributed by atoms with van der Waals surface area (Å²) in [5.41, 5.74) is 0. The van der Waals surface area contributed by atoms with Crippen LogP contribution in [-0.4, -0.2) is 62.5 Å². The van der Waals surface area contributed by atoms with E-state index < -0.39 is 0 Å². The van der Waals surface area contributed by atoms with Gasteiger partial charge in [-0.05, 0) is 12.8 Å². The molecule has 0 radical (unpaired) electrons. The van der Waals surface area contributed by atoms with Crippen LogP contribution in [-0.2, 0) is 0 Å². The number of hydrogen-bond donors (Lipinski definition) is 3. The average Bonchev–Trinajstić information content (AvgIpc) is 3.06. The van der Waals surface area contributed by atoms with Crippen molar-refractivity contribution in [2.45, 2.75) is 18.8 Å². The quantitative estimate of drug-likeness (QED) is 0.598. The highest BCUT2D eigenvalue weighted by atomic mass is 16.3. The number of hydrogen-bond acceptors (Lipinski definition) is 5. The molecule has 0 unspecified atom stereocenters. The molecule has 3 N–H and O–H groups in total. The van der Waals surface area contributed by atoms with Gasteiger partial charge in [0.15, 0.2) is 0 Å². The maximum atomic E-state index is 11.9. The van der Waals surface area contributed by atoms with Crippen molar-refractivity contribution in [1.29, 1.82) is 0 Å². The molecule has 0 aromatic carbocycles. The van der Waals surface area contributed by atoms with Gasteiger partial charge < -0.3 is 15.1 Å². The van der Waals surface area contributed by atoms with Crippen LogP contribution in [0.3, 0.4) is 0 Å². The molecule has 0 atom stereocenters. The fourth-order valence-electron chi connectivity index (χ4n) is 1.61. The topological polar surface area (TPSA) is 102 Å². The molecule has 0 bridgehead atoms. The summed E-state index contributed by atoms with van der Waals surface area (Å²) in [4.78, 5) is 17.4. The van der Waals surface area contributed by atoms with Crippen molar-refractivity contribution in [3.05, 3.63) is 11.6 Å². The fraction of sp³-hybridized carbons (Fsp3) is 0.700. The van der Waals surface area contributed by atoms with E-state index in [9.17, 15) is 4.79 Å². The van der Waals surface area contributed by atoms with Crippen LogP contribution in [0.5, 0.6) is 0 Å². The van der Waals surface area contributed by atoms with Crippen LogP contribution in [0.4, 0.5) is 0 Å². The lowest BCUT2D eigenvalue weighted by atomic mass is 10.4. The van der Waals surface area contributed by atoms with Gasteiger partial charge in [0.2, 0.25) is 5.82 Å². The normalized spacial score (nSPS) is 14.9. The van der Waals surface area contributed by atoms with Gasteiger partial charge in [0, 0.05) is 19.0 Å². The molecule has 1 fully saturated rings. The minimum atomic E-state index is -0.365. The van der Waals surface area contributed by atoms with Gasteiger partial charge in [-0.25, -0.2) is 4.98 Å². The van der Waals surface area contributed by atoms with Gasteiger partial charge in [0.1, 0.15) is 5.82 Å². The molecule has 94 valence electrons. The first-order chi connectivity index (χ1) is 8.26. The van der Waals surface area contributed by atoms with Crippen molar-refractivity contribution >= 4 is 5.91 Å². The number of rotatable bonds is 6. The van der Waals surface area contributed by atoms with Crippen molar-refractivity contribution in [3.8, 4) is 0 Å². The maximum Gasteiger partial charge on any atom is 0.293 e. The molecular formula is C10H16N4O3. The van der Waals surface area contributed by atoms with Crippen LogP contribution < -0.4 is 0 Å². The minimum Gasteiger partial charge on any atom is -0.395 e. The number of aromatic nitrogens is 3. The van der Waals surface area contributed by atoms with E-state index in [1.807, 2.05) is 0 Å². The van der Waals surface area contributed by atoms with Gasteiger partial charge >= 0.3 is 0 Å². The Kier molecular flexibility index (Phi) is 3.70. The first kappa shape index (κ1) is 12.0. The largest absolute Gasteiger partial charge is 0.395 e. The monoisotopic (exact) mass is 240 g/mol. The Balaban J connectivity index is 2.04. The van der Waals surface area contributed by atoms with E-state index in [4.69, 9.17) is 10.2 Å². The number of carbonyl (C=O) groups is 1. The van der Waals surface area contributed by atoms with Crippen LogP contribution in [0.25, 0.3) is 0 Å². The van der Waals surface area contributed by atoms with Gasteiger partial charge in [-0.1, -0.05) is 0 Å². The van der Waals surface area contributed by atoms with Crippen molar-refractivity contribution in [1.82, 2.24) is 20.1 Å². The first-order valence-corrected chi connectivity index (χ1v) is 5.69. The van der Waals surface area contributed by atoms with E-state index in [0.29, 0.717) is 5.92 Å². The van der Waals surface area contributed by atoms with Gasteiger partial charge in [0.05, 0.1) is 13.2 Å². The van der Waals surface area contributed by atoms with E-state index >= 15 is 0 Å². The van der Waals surface area contributed by atoms with E-state index in [1.54, 1.807) is 0 Å². The van der Waals surface area contributed by atoms with Gasteiger partial charge in [-0.15, -0.1) is 5.10 Å². The van der Waals surface area contributed by atoms with Crippen LogP contribution in [0.2, 0.25) is 0 Å². The molecule has 1 aliphatic carbocycles. The number of carbonyl (C=O) groups excluding carboxylic acids is 1. The maximum absolute atomic E-state index is 11.9. The fourth-order valence-corrected chi connectivity index (χ4v) is 1.61. The smallest absolute Gasteiger partial charge is 0.293 e. The summed E-state index contributed by atoms with van der Waals surface area (Å²) in [5.74, 6) is 0.902. The predicted molar refractivity (Wildman–Crippen MR) is 58.4 cm³/mol. The average molecular weight is 240 g/mol. The Morgan fingerprint density at radius 1 is 1.35 bits per heavy atom. The van der Waals surface area contributed by atoms with Crippen LogP contribution >= 0.6 is 0 Å². The molecule has 1 aliphatic rings.